The van der Waals surface area contributed by atoms with Gasteiger partial charge in [0, 0.05) is 35.8 Å². The van der Waals surface area contributed by atoms with E-state index in [0.717, 1.165) is 0 Å². The van der Waals surface area contributed by atoms with Crippen molar-refractivity contribution >= 4 is 40.6 Å². The molecule has 0 aliphatic rings. The molecule has 0 aromatic carbocycles. The average molecular weight is 119 g/mol. The Bertz CT molecular complexity index is 46.1. The number of hydrogen-bond donors (Lipinski definition) is 1. The van der Waals surface area contributed by atoms with Gasteiger partial charge in [0.15, 0.2) is 11.1 Å². The summed E-state index contributed by atoms with van der Waals surface area (Å²) in [5.74, 6) is 0. The number of hydrogen-bond acceptors (Lipinski definition) is 3. The first-order valence-electron chi connectivity index (χ1n) is 0.924. The first-order valence-corrected chi connectivity index (χ1v) is 2.41. The smallest absolute Gasteiger partial charge is 0.184 e. The van der Waals surface area contributed by atoms with E-state index in [1.54, 1.807) is 0 Å². The zero-order valence-electron chi connectivity index (χ0n) is 3.67. The van der Waals surface area contributed by atoms with E-state index in [0.29, 0.717) is 0 Å². The molecule has 0 bridgehead atoms. The summed E-state index contributed by atoms with van der Waals surface area (Å²) in [6.45, 7) is 0. The van der Waals surface area contributed by atoms with Crippen molar-refractivity contribution in [2.24, 2.45) is 0 Å². The van der Waals surface area contributed by atoms with E-state index in [4.69, 9.17) is 5.26 Å². The maximum atomic E-state index is 9.45. The Hall–Kier alpha value is 1.07. The van der Waals surface area contributed by atoms with Crippen LogP contribution >= 0.6 is 0 Å². The molecule has 0 fully saturated rings. The SMILES string of the molecule is CS(=O)OO.[Na]. The molecule has 0 aliphatic carbocycles. The third-order valence-electron chi connectivity index (χ3n) is 0.105. The van der Waals surface area contributed by atoms with E-state index in [9.17, 15) is 4.21 Å². The molecule has 6 heavy (non-hydrogen) atoms. The van der Waals surface area contributed by atoms with Gasteiger partial charge in [-0.15, -0.1) is 4.33 Å². The summed E-state index contributed by atoms with van der Waals surface area (Å²) in [5.41, 5.74) is 0. The van der Waals surface area contributed by atoms with Gasteiger partial charge in [-0.25, -0.2) is 9.47 Å². The molecule has 0 spiro atoms. The molecule has 1 radical (unpaired) electrons. The van der Waals surface area contributed by atoms with Crippen LogP contribution in [0.3, 0.4) is 0 Å². The number of rotatable bonds is 1. The van der Waals surface area contributed by atoms with Crippen molar-refractivity contribution in [2.75, 3.05) is 6.26 Å². The van der Waals surface area contributed by atoms with Crippen LogP contribution in [0.25, 0.3) is 0 Å². The third kappa shape index (κ3) is 8.91. The Morgan fingerprint density at radius 2 is 2.00 bits per heavy atom. The van der Waals surface area contributed by atoms with Gasteiger partial charge in [0.25, 0.3) is 0 Å². The molecule has 0 aromatic heterocycles. The molecular formula is CH4NaO3S. The van der Waals surface area contributed by atoms with Gasteiger partial charge in [-0.2, -0.15) is 0 Å². The van der Waals surface area contributed by atoms with Gasteiger partial charge in [-0.1, -0.05) is 0 Å². The standard InChI is InChI=1S/CH4O3S.Na/c1-5(3)4-2;/h2H,1H3;. The summed E-state index contributed by atoms with van der Waals surface area (Å²) >= 11 is -1.52. The summed E-state index contributed by atoms with van der Waals surface area (Å²) in [6.07, 6.45) is 1.22. The van der Waals surface area contributed by atoms with E-state index in [1.807, 2.05) is 0 Å². The van der Waals surface area contributed by atoms with Crippen molar-refractivity contribution in [3.8, 4) is 0 Å². The van der Waals surface area contributed by atoms with Crippen LogP contribution in [0.2, 0.25) is 0 Å². The van der Waals surface area contributed by atoms with Crippen molar-refractivity contribution < 1.29 is 13.8 Å². The molecule has 0 saturated carbocycles. The topological polar surface area (TPSA) is 46.5 Å². The van der Waals surface area contributed by atoms with Gasteiger partial charge in [-0.05, 0) is 0 Å². The van der Waals surface area contributed by atoms with Crippen molar-refractivity contribution in [3.63, 3.8) is 0 Å². The van der Waals surface area contributed by atoms with Crippen LogP contribution in [0.5, 0.6) is 0 Å². The molecule has 33 valence electrons. The molecule has 5 heteroatoms. The largest absolute Gasteiger partial charge is 0.237 e. The summed E-state index contributed by atoms with van der Waals surface area (Å²) < 4.78 is 12.7. The Labute approximate surface area is 60.6 Å². The molecular weight excluding hydrogens is 115 g/mol. The maximum Gasteiger partial charge on any atom is 0.184 e. The Morgan fingerprint density at radius 1 is 1.83 bits per heavy atom. The van der Waals surface area contributed by atoms with Gasteiger partial charge in [0.2, 0.25) is 0 Å². The second-order valence-electron chi connectivity index (χ2n) is 0.476. The zero-order valence-corrected chi connectivity index (χ0v) is 6.49. The average Bonchev–Trinajstić information content (AvgIpc) is 1.38. The predicted molar refractivity (Wildman–Crippen MR) is 23.5 cm³/mol. The van der Waals surface area contributed by atoms with Crippen molar-refractivity contribution in [1.29, 1.82) is 0 Å². The van der Waals surface area contributed by atoms with Gasteiger partial charge < -0.3 is 0 Å². The first kappa shape index (κ1) is 10.1. The van der Waals surface area contributed by atoms with Gasteiger partial charge in [0.1, 0.15) is 0 Å². The monoisotopic (exact) mass is 119 g/mol. The van der Waals surface area contributed by atoms with E-state index in [2.05, 4.69) is 4.33 Å². The Morgan fingerprint density at radius 3 is 2.00 bits per heavy atom. The summed E-state index contributed by atoms with van der Waals surface area (Å²) in [5, 5.41) is 7.34. The second-order valence-corrected chi connectivity index (χ2v) is 1.43. The van der Waals surface area contributed by atoms with E-state index in [1.165, 1.54) is 6.26 Å². The zero-order chi connectivity index (χ0) is 4.28. The molecule has 0 amide bonds. The molecule has 0 heterocycles. The summed E-state index contributed by atoms with van der Waals surface area (Å²) in [4.78, 5) is 0. The fourth-order valence-electron chi connectivity index (χ4n) is 0. The molecule has 0 aliphatic heterocycles. The quantitative estimate of drug-likeness (QED) is 0.284. The summed E-state index contributed by atoms with van der Waals surface area (Å²) in [7, 11) is 0. The minimum atomic E-state index is -1.52. The van der Waals surface area contributed by atoms with Crippen LogP contribution in [0.15, 0.2) is 0 Å². The van der Waals surface area contributed by atoms with Crippen LogP contribution in [0, 0.1) is 0 Å². The predicted octanol–water partition coefficient (Wildman–Crippen LogP) is -0.611. The van der Waals surface area contributed by atoms with Crippen LogP contribution in [0.4, 0.5) is 0 Å². The van der Waals surface area contributed by atoms with Gasteiger partial charge >= 0.3 is 0 Å². The van der Waals surface area contributed by atoms with Gasteiger partial charge in [0.05, 0.1) is 0 Å². The second kappa shape index (κ2) is 6.07. The first-order chi connectivity index (χ1) is 2.27. The minimum absolute atomic E-state index is 0. The van der Waals surface area contributed by atoms with Crippen LogP contribution in [0.1, 0.15) is 0 Å². The summed E-state index contributed by atoms with van der Waals surface area (Å²) in [6, 6.07) is 0. The minimum Gasteiger partial charge on any atom is -0.237 e. The molecule has 0 rings (SSSR count). The van der Waals surface area contributed by atoms with E-state index in [-0.39, 0.29) is 29.6 Å². The van der Waals surface area contributed by atoms with Gasteiger partial charge in [-0.3, -0.25) is 0 Å². The molecule has 1 N–H and O–H groups in total. The normalized spacial score (nSPS) is 12.3. The van der Waals surface area contributed by atoms with Crippen LogP contribution < -0.4 is 0 Å². The molecule has 0 saturated heterocycles. The fraction of sp³-hybridized carbons (Fsp3) is 1.00. The van der Waals surface area contributed by atoms with Crippen LogP contribution in [-0.2, 0) is 15.4 Å². The molecule has 0 aromatic rings. The Balaban J connectivity index is 0. The molecule has 3 nitrogen and oxygen atoms in total. The molecule has 1 atom stereocenters. The fourth-order valence-corrected chi connectivity index (χ4v) is 0. The van der Waals surface area contributed by atoms with Crippen molar-refractivity contribution in [3.05, 3.63) is 0 Å². The molecule has 1 unspecified atom stereocenters. The maximum absolute atomic E-state index is 9.45. The van der Waals surface area contributed by atoms with E-state index < -0.39 is 11.1 Å². The van der Waals surface area contributed by atoms with Crippen LogP contribution in [-0.4, -0.2) is 45.3 Å². The van der Waals surface area contributed by atoms with Crippen molar-refractivity contribution in [1.82, 2.24) is 0 Å². The van der Waals surface area contributed by atoms with Crippen molar-refractivity contribution in [2.45, 2.75) is 0 Å². The Kier molecular flexibility index (Phi) is 10.3. The van der Waals surface area contributed by atoms with E-state index >= 15 is 0 Å². The third-order valence-corrected chi connectivity index (χ3v) is 0.315.